The molecule has 3 unspecified atom stereocenters. The van der Waals surface area contributed by atoms with Crippen molar-refractivity contribution in [2.45, 2.75) is 270 Å². The first kappa shape index (κ1) is 58.6. The largest absolute Gasteiger partial charge is 0.458 e. The Hall–Kier alpha value is -2.44. The first-order valence-electron chi connectivity index (χ1n) is 26.0. The van der Waals surface area contributed by atoms with Crippen LogP contribution in [0.5, 0.6) is 0 Å². The summed E-state index contributed by atoms with van der Waals surface area (Å²) in [7, 11) is 0. The van der Waals surface area contributed by atoms with Gasteiger partial charge >= 0.3 is 5.97 Å². The lowest BCUT2D eigenvalue weighted by Gasteiger charge is -2.23. The van der Waals surface area contributed by atoms with Crippen LogP contribution in [0.25, 0.3) is 0 Å². The van der Waals surface area contributed by atoms with E-state index in [-0.39, 0.29) is 24.9 Å². The zero-order chi connectivity index (χ0) is 44.5. The summed E-state index contributed by atoms with van der Waals surface area (Å²) in [5, 5.41) is 23.7. The highest BCUT2D eigenvalue weighted by Crippen LogP contribution is 2.17. The third kappa shape index (κ3) is 44.0. The van der Waals surface area contributed by atoms with Crippen molar-refractivity contribution < 1.29 is 24.5 Å². The summed E-state index contributed by atoms with van der Waals surface area (Å²) in [5.41, 5.74) is 0. The van der Waals surface area contributed by atoms with Crippen molar-refractivity contribution in [1.29, 1.82) is 0 Å². The Balaban J connectivity index is 4.69. The molecule has 0 radical (unpaired) electrons. The van der Waals surface area contributed by atoms with Crippen LogP contribution in [0, 0.1) is 0 Å². The molecule has 3 N–H and O–H groups in total. The van der Waals surface area contributed by atoms with E-state index >= 15 is 0 Å². The standard InChI is InChI=1S/C55H99NO5/c1-4-7-10-13-16-19-22-25-27-28-30-33-36-39-42-45-48-55(60)61-51(46-43-40-37-34-31-29-26-23-20-17-14-11-8-5-2)49-54(59)56-52(50-57)53(58)47-44-41-38-35-32-24-21-18-15-12-9-6-3/h8,11,17,20,26,29,34,37,43,46,51-53,57-58H,4-7,9-10,12-16,18-19,21-25,27-28,30-33,35-36,38-42,44-45,47-50H2,1-3H3,(H,56,59)/b11-8+,20-17+,29-26+,37-34+,46-43+. The summed E-state index contributed by atoms with van der Waals surface area (Å²) < 4.78 is 5.83. The maximum atomic E-state index is 13.2. The first-order chi connectivity index (χ1) is 30.0. The minimum Gasteiger partial charge on any atom is -0.458 e. The molecule has 354 valence electrons. The summed E-state index contributed by atoms with van der Waals surface area (Å²) in [6.07, 6.45) is 60.3. The molecule has 0 spiro atoms. The number of esters is 1. The maximum absolute atomic E-state index is 13.2. The molecular formula is C55H99NO5. The van der Waals surface area contributed by atoms with Crippen LogP contribution in [-0.2, 0) is 14.3 Å². The van der Waals surface area contributed by atoms with Gasteiger partial charge in [-0.2, -0.15) is 0 Å². The summed E-state index contributed by atoms with van der Waals surface area (Å²) in [6.45, 7) is 6.34. The van der Waals surface area contributed by atoms with Gasteiger partial charge in [0.15, 0.2) is 0 Å². The fourth-order valence-electron chi connectivity index (χ4n) is 7.69. The van der Waals surface area contributed by atoms with Gasteiger partial charge in [-0.1, -0.05) is 249 Å². The van der Waals surface area contributed by atoms with Crippen LogP contribution < -0.4 is 5.32 Å². The van der Waals surface area contributed by atoms with Gasteiger partial charge < -0.3 is 20.3 Å². The summed E-state index contributed by atoms with van der Waals surface area (Å²) in [4.78, 5) is 26.1. The molecule has 0 aromatic carbocycles. The lowest BCUT2D eigenvalue weighted by atomic mass is 10.0. The molecule has 0 heterocycles. The Labute approximate surface area is 378 Å². The van der Waals surface area contributed by atoms with Gasteiger partial charge in [0.25, 0.3) is 0 Å². The van der Waals surface area contributed by atoms with Crippen molar-refractivity contribution >= 4 is 11.9 Å². The Kier molecular flexibility index (Phi) is 46.6. The highest BCUT2D eigenvalue weighted by Gasteiger charge is 2.23. The van der Waals surface area contributed by atoms with Gasteiger partial charge in [0.1, 0.15) is 6.10 Å². The number of rotatable bonds is 46. The zero-order valence-electron chi connectivity index (χ0n) is 40.3. The van der Waals surface area contributed by atoms with Crippen molar-refractivity contribution in [3.63, 3.8) is 0 Å². The summed E-state index contributed by atoms with van der Waals surface area (Å²) in [6, 6.07) is -0.741. The fraction of sp³-hybridized carbons (Fsp3) is 0.782. The van der Waals surface area contributed by atoms with Gasteiger partial charge in [-0.25, -0.2) is 0 Å². The van der Waals surface area contributed by atoms with Gasteiger partial charge in [0.05, 0.1) is 25.2 Å². The molecule has 0 aromatic rings. The molecule has 0 aliphatic carbocycles. The van der Waals surface area contributed by atoms with E-state index in [1.165, 1.54) is 141 Å². The fourth-order valence-corrected chi connectivity index (χ4v) is 7.69. The van der Waals surface area contributed by atoms with E-state index in [9.17, 15) is 19.8 Å². The second-order valence-electron chi connectivity index (χ2n) is 17.6. The predicted octanol–water partition coefficient (Wildman–Crippen LogP) is 15.6. The van der Waals surface area contributed by atoms with E-state index in [2.05, 4.69) is 74.7 Å². The van der Waals surface area contributed by atoms with E-state index in [0.29, 0.717) is 19.3 Å². The van der Waals surface area contributed by atoms with E-state index in [1.807, 2.05) is 6.08 Å². The second-order valence-corrected chi connectivity index (χ2v) is 17.6. The smallest absolute Gasteiger partial charge is 0.306 e. The molecule has 0 saturated heterocycles. The molecule has 3 atom stereocenters. The Morgan fingerprint density at radius 1 is 0.492 bits per heavy atom. The van der Waals surface area contributed by atoms with Crippen molar-refractivity contribution in [3.8, 4) is 0 Å². The maximum Gasteiger partial charge on any atom is 0.306 e. The molecule has 0 aliphatic rings. The second kappa shape index (κ2) is 48.6. The molecule has 0 bridgehead atoms. The number of unbranched alkanes of at least 4 members (excludes halogenated alkanes) is 26. The molecule has 6 heteroatoms. The summed E-state index contributed by atoms with van der Waals surface area (Å²) >= 11 is 0. The van der Waals surface area contributed by atoms with Crippen molar-refractivity contribution in [2.24, 2.45) is 0 Å². The molecule has 0 aromatic heterocycles. The van der Waals surface area contributed by atoms with Crippen molar-refractivity contribution in [1.82, 2.24) is 5.32 Å². The van der Waals surface area contributed by atoms with Crippen LogP contribution in [-0.4, -0.2) is 46.9 Å². The number of carbonyl (C=O) groups is 2. The number of aliphatic hydroxyl groups is 2. The molecule has 0 aliphatic heterocycles. The van der Waals surface area contributed by atoms with E-state index in [0.717, 1.165) is 64.2 Å². The van der Waals surface area contributed by atoms with Gasteiger partial charge in [-0.15, -0.1) is 0 Å². The number of allylic oxidation sites excluding steroid dienone is 9. The van der Waals surface area contributed by atoms with Gasteiger partial charge in [0, 0.05) is 6.42 Å². The lowest BCUT2D eigenvalue weighted by Crippen LogP contribution is -2.46. The van der Waals surface area contributed by atoms with Gasteiger partial charge in [0.2, 0.25) is 5.91 Å². The molecule has 0 rings (SSSR count). The minimum absolute atomic E-state index is 0.0444. The number of nitrogens with one attached hydrogen (secondary N) is 1. The number of hydrogen-bond acceptors (Lipinski definition) is 5. The highest BCUT2D eigenvalue weighted by molar-refractivity contribution is 5.78. The number of aliphatic hydroxyl groups excluding tert-OH is 2. The van der Waals surface area contributed by atoms with Crippen LogP contribution in [0.1, 0.15) is 252 Å². The van der Waals surface area contributed by atoms with Crippen LogP contribution in [0.2, 0.25) is 0 Å². The van der Waals surface area contributed by atoms with E-state index in [1.54, 1.807) is 6.08 Å². The molecule has 6 nitrogen and oxygen atoms in total. The van der Waals surface area contributed by atoms with Crippen LogP contribution >= 0.6 is 0 Å². The minimum atomic E-state index is -0.818. The monoisotopic (exact) mass is 854 g/mol. The third-order valence-electron chi connectivity index (χ3n) is 11.6. The van der Waals surface area contributed by atoms with E-state index < -0.39 is 18.2 Å². The number of carbonyl (C=O) groups excluding carboxylic acids is 2. The van der Waals surface area contributed by atoms with Crippen LogP contribution in [0.4, 0.5) is 0 Å². The number of ether oxygens (including phenoxy) is 1. The predicted molar refractivity (Wildman–Crippen MR) is 264 cm³/mol. The van der Waals surface area contributed by atoms with Gasteiger partial charge in [-0.05, 0) is 51.0 Å². The summed E-state index contributed by atoms with van der Waals surface area (Å²) in [5.74, 6) is -0.622. The topological polar surface area (TPSA) is 95.9 Å². The normalized spacial score (nSPS) is 13.7. The average Bonchev–Trinajstić information content (AvgIpc) is 3.25. The lowest BCUT2D eigenvalue weighted by molar-refractivity contribution is -0.148. The first-order valence-corrected chi connectivity index (χ1v) is 26.0. The third-order valence-corrected chi connectivity index (χ3v) is 11.6. The Bertz CT molecular complexity index is 1090. The van der Waals surface area contributed by atoms with E-state index in [4.69, 9.17) is 4.74 Å². The highest BCUT2D eigenvalue weighted by atomic mass is 16.5. The SMILES string of the molecule is CC/C=C/C/C=C/C/C=C/C/C=C/C/C=C/C(CC(=O)NC(CO)C(O)CCCCCCCCCCCCCC)OC(=O)CCCCCCCCCCCCCCCCCC. The molecule has 61 heavy (non-hydrogen) atoms. The van der Waals surface area contributed by atoms with Gasteiger partial charge in [-0.3, -0.25) is 9.59 Å². The molecule has 0 saturated carbocycles. The number of amides is 1. The zero-order valence-corrected chi connectivity index (χ0v) is 40.3. The van der Waals surface area contributed by atoms with Crippen LogP contribution in [0.15, 0.2) is 60.8 Å². The molecular weight excluding hydrogens is 755 g/mol. The average molecular weight is 854 g/mol. The van der Waals surface area contributed by atoms with Crippen molar-refractivity contribution in [3.05, 3.63) is 60.8 Å². The molecule has 0 fully saturated rings. The number of hydrogen-bond donors (Lipinski definition) is 3. The Morgan fingerprint density at radius 3 is 1.25 bits per heavy atom. The quantitative estimate of drug-likeness (QED) is 0.0322. The van der Waals surface area contributed by atoms with Crippen LogP contribution in [0.3, 0.4) is 0 Å². The molecule has 1 amide bonds. The Morgan fingerprint density at radius 2 is 0.852 bits per heavy atom. The van der Waals surface area contributed by atoms with Crippen molar-refractivity contribution in [2.75, 3.05) is 6.61 Å².